The van der Waals surface area contributed by atoms with Crippen molar-refractivity contribution in [2.75, 3.05) is 35.2 Å². The molecule has 3 heterocycles. The van der Waals surface area contributed by atoms with Gasteiger partial charge in [-0.2, -0.15) is 5.10 Å². The molecule has 3 aromatic rings. The molecule has 8 heteroatoms. The van der Waals surface area contributed by atoms with Gasteiger partial charge in [0.15, 0.2) is 17.5 Å². The summed E-state index contributed by atoms with van der Waals surface area (Å²) in [6.07, 6.45) is 5.53. The molecule has 1 aromatic carbocycles. The first-order valence-corrected chi connectivity index (χ1v) is 9.08. The molecule has 27 heavy (non-hydrogen) atoms. The Balaban J connectivity index is 1.52. The van der Waals surface area contributed by atoms with Gasteiger partial charge in [-0.15, -0.1) is 0 Å². The number of aryl methyl sites for hydroxylation is 2. The van der Waals surface area contributed by atoms with Crippen LogP contribution in [-0.2, 0) is 6.42 Å². The maximum atomic E-state index is 9.31. The molecular formula is C19H23N7O. The summed E-state index contributed by atoms with van der Waals surface area (Å²) in [6, 6.07) is 8.22. The van der Waals surface area contributed by atoms with Gasteiger partial charge >= 0.3 is 0 Å². The van der Waals surface area contributed by atoms with E-state index in [1.165, 1.54) is 11.3 Å². The molecule has 0 spiro atoms. The molecule has 8 nitrogen and oxygen atoms in total. The first-order valence-electron chi connectivity index (χ1n) is 9.08. The fourth-order valence-electron chi connectivity index (χ4n) is 3.33. The van der Waals surface area contributed by atoms with Crippen LogP contribution in [0.1, 0.15) is 17.7 Å². The minimum absolute atomic E-state index is 0.156. The molecule has 1 aliphatic rings. The van der Waals surface area contributed by atoms with Crippen molar-refractivity contribution in [1.82, 2.24) is 20.2 Å². The summed E-state index contributed by atoms with van der Waals surface area (Å²) in [5.41, 5.74) is 4.41. The molecule has 0 bridgehead atoms. The smallest absolute Gasteiger partial charge is 0.153 e. The Morgan fingerprint density at radius 3 is 2.78 bits per heavy atom. The maximum Gasteiger partial charge on any atom is 0.153 e. The van der Waals surface area contributed by atoms with Crippen LogP contribution in [0.15, 0.2) is 36.7 Å². The monoisotopic (exact) mass is 365 g/mol. The van der Waals surface area contributed by atoms with Gasteiger partial charge in [0.05, 0.1) is 19.0 Å². The van der Waals surface area contributed by atoms with Crippen LogP contribution in [0.4, 0.5) is 28.8 Å². The number of aliphatic hydroxyl groups is 1. The van der Waals surface area contributed by atoms with Gasteiger partial charge in [0.2, 0.25) is 0 Å². The number of aliphatic hydroxyl groups excluding tert-OH is 1. The van der Waals surface area contributed by atoms with Crippen LogP contribution < -0.4 is 15.5 Å². The Hall–Kier alpha value is -3.13. The molecule has 140 valence electrons. The van der Waals surface area contributed by atoms with Crippen molar-refractivity contribution < 1.29 is 5.11 Å². The van der Waals surface area contributed by atoms with E-state index in [2.05, 4.69) is 53.9 Å². The van der Waals surface area contributed by atoms with Crippen LogP contribution in [0.5, 0.6) is 0 Å². The zero-order valence-corrected chi connectivity index (χ0v) is 15.2. The number of nitrogens with one attached hydrogen (secondary N) is 3. The van der Waals surface area contributed by atoms with Gasteiger partial charge in [-0.05, 0) is 37.5 Å². The lowest BCUT2D eigenvalue weighted by Crippen LogP contribution is -2.31. The van der Waals surface area contributed by atoms with Crippen molar-refractivity contribution in [1.29, 1.82) is 0 Å². The summed E-state index contributed by atoms with van der Waals surface area (Å²) in [5, 5.41) is 22.8. The van der Waals surface area contributed by atoms with Crippen molar-refractivity contribution in [3.05, 3.63) is 47.9 Å². The predicted molar refractivity (Wildman–Crippen MR) is 106 cm³/mol. The lowest BCUT2D eigenvalue weighted by molar-refractivity contribution is 0.301. The minimum Gasteiger partial charge on any atom is -0.395 e. The Labute approximate surface area is 157 Å². The third-order valence-corrected chi connectivity index (χ3v) is 4.54. The molecule has 0 radical (unpaired) electrons. The van der Waals surface area contributed by atoms with E-state index in [1.54, 1.807) is 12.4 Å². The van der Waals surface area contributed by atoms with Crippen molar-refractivity contribution in [2.24, 2.45) is 0 Å². The molecule has 0 amide bonds. The molecule has 0 unspecified atom stereocenters. The lowest BCUT2D eigenvalue weighted by atomic mass is 10.0. The minimum atomic E-state index is 0.156. The van der Waals surface area contributed by atoms with Crippen LogP contribution in [0.25, 0.3) is 0 Å². The maximum absolute atomic E-state index is 9.31. The number of H-pyrrole nitrogens is 1. The average molecular weight is 365 g/mol. The quantitative estimate of drug-likeness (QED) is 0.533. The molecule has 0 saturated heterocycles. The first-order chi connectivity index (χ1) is 13.2. The highest BCUT2D eigenvalue weighted by molar-refractivity contribution is 5.67. The standard InChI is InChI=1S/C19H23N7O/c1-13-9-17(25-24-13)22-19-12-20-11-18(23-19)21-15-5-4-14-3-2-6-26(7-8-27)16(14)10-15/h4-5,9-12,27H,2-3,6-8H2,1H3,(H3,21,22,23,24,25). The zero-order valence-electron chi connectivity index (χ0n) is 15.2. The summed E-state index contributed by atoms with van der Waals surface area (Å²) >= 11 is 0. The molecule has 0 aliphatic carbocycles. The topological polar surface area (TPSA) is 102 Å². The number of fused-ring (bicyclic) bond motifs is 1. The SMILES string of the molecule is Cc1cc(Nc2cncc(Nc3ccc4c(c3)N(CCO)CCC4)n2)n[nH]1. The van der Waals surface area contributed by atoms with Crippen LogP contribution in [-0.4, -0.2) is 45.0 Å². The lowest BCUT2D eigenvalue weighted by Gasteiger charge is -2.31. The number of hydrogen-bond donors (Lipinski definition) is 4. The second-order valence-electron chi connectivity index (χ2n) is 6.63. The van der Waals surface area contributed by atoms with E-state index in [4.69, 9.17) is 0 Å². The number of hydrogen-bond acceptors (Lipinski definition) is 7. The van der Waals surface area contributed by atoms with E-state index < -0.39 is 0 Å². The number of β-amino-alcohol motifs (C(OH)–C–C–N with tert-alkyl or cyclic N) is 1. The molecule has 4 rings (SSSR count). The normalized spacial score (nSPS) is 13.3. The Morgan fingerprint density at radius 2 is 2.00 bits per heavy atom. The number of benzene rings is 1. The molecule has 0 atom stereocenters. The van der Waals surface area contributed by atoms with Crippen LogP contribution >= 0.6 is 0 Å². The largest absolute Gasteiger partial charge is 0.395 e. The first kappa shape index (κ1) is 17.3. The summed E-state index contributed by atoms with van der Waals surface area (Å²) in [4.78, 5) is 11.0. The molecule has 4 N–H and O–H groups in total. The highest BCUT2D eigenvalue weighted by Crippen LogP contribution is 2.30. The van der Waals surface area contributed by atoms with Gasteiger partial charge in [0.1, 0.15) is 0 Å². The van der Waals surface area contributed by atoms with Crippen molar-refractivity contribution >= 4 is 28.8 Å². The van der Waals surface area contributed by atoms with E-state index in [0.29, 0.717) is 24.0 Å². The number of aromatic amines is 1. The summed E-state index contributed by atoms with van der Waals surface area (Å²) < 4.78 is 0. The summed E-state index contributed by atoms with van der Waals surface area (Å²) in [5.74, 6) is 1.97. The van der Waals surface area contributed by atoms with Gasteiger partial charge in [0.25, 0.3) is 0 Å². The van der Waals surface area contributed by atoms with Crippen LogP contribution in [0, 0.1) is 6.92 Å². The highest BCUT2D eigenvalue weighted by atomic mass is 16.3. The average Bonchev–Trinajstić information content (AvgIpc) is 3.07. The van der Waals surface area contributed by atoms with Crippen molar-refractivity contribution in [3.8, 4) is 0 Å². The molecule has 0 saturated carbocycles. The second kappa shape index (κ2) is 7.63. The number of nitrogens with zero attached hydrogens (tertiary/aromatic N) is 4. The fourth-order valence-corrected chi connectivity index (χ4v) is 3.33. The molecule has 1 aliphatic heterocycles. The molecule has 0 fully saturated rings. The fraction of sp³-hybridized carbons (Fsp3) is 0.316. The zero-order chi connectivity index (χ0) is 18.6. The van der Waals surface area contributed by atoms with Gasteiger partial charge in [0, 0.05) is 36.2 Å². The van der Waals surface area contributed by atoms with Crippen LogP contribution in [0.3, 0.4) is 0 Å². The van der Waals surface area contributed by atoms with Gasteiger partial charge in [-0.3, -0.25) is 10.1 Å². The number of aromatic nitrogens is 4. The third-order valence-electron chi connectivity index (χ3n) is 4.54. The number of anilines is 5. The molecule has 2 aromatic heterocycles. The Morgan fingerprint density at radius 1 is 1.15 bits per heavy atom. The van der Waals surface area contributed by atoms with E-state index in [9.17, 15) is 5.11 Å². The summed E-state index contributed by atoms with van der Waals surface area (Å²) in [6.45, 7) is 3.72. The van der Waals surface area contributed by atoms with E-state index in [0.717, 1.165) is 30.8 Å². The van der Waals surface area contributed by atoms with Gasteiger partial charge < -0.3 is 20.6 Å². The van der Waals surface area contributed by atoms with E-state index in [-0.39, 0.29) is 6.61 Å². The predicted octanol–water partition coefficient (Wildman–Crippen LogP) is 2.74. The summed E-state index contributed by atoms with van der Waals surface area (Å²) in [7, 11) is 0. The van der Waals surface area contributed by atoms with Gasteiger partial charge in [-0.1, -0.05) is 6.07 Å². The van der Waals surface area contributed by atoms with E-state index in [1.807, 2.05) is 13.0 Å². The second-order valence-corrected chi connectivity index (χ2v) is 6.63. The van der Waals surface area contributed by atoms with Crippen molar-refractivity contribution in [2.45, 2.75) is 19.8 Å². The molecular weight excluding hydrogens is 342 g/mol. The Bertz CT molecular complexity index is 924. The van der Waals surface area contributed by atoms with Crippen LogP contribution in [0.2, 0.25) is 0 Å². The van der Waals surface area contributed by atoms with Gasteiger partial charge in [-0.25, -0.2) is 4.98 Å². The highest BCUT2D eigenvalue weighted by Gasteiger charge is 2.17. The Kier molecular flexibility index (Phi) is 4.88. The van der Waals surface area contributed by atoms with E-state index >= 15 is 0 Å². The third kappa shape index (κ3) is 4.01. The number of rotatable bonds is 6. The van der Waals surface area contributed by atoms with Crippen molar-refractivity contribution in [3.63, 3.8) is 0 Å².